The fraction of sp³-hybridized carbons (Fsp3) is 0.556. The normalized spacial score (nSPS) is 12.8. The Kier molecular flexibility index (Phi) is 3.02. The van der Waals surface area contributed by atoms with Crippen LogP contribution in [0.15, 0.2) is 17.0 Å². The van der Waals surface area contributed by atoms with Gasteiger partial charge in [-0.2, -0.15) is 0 Å². The number of Topliss-reactive ketones (excluding diaryl/α,β-unsaturated/α-hetero) is 1. The maximum Gasteiger partial charge on any atom is 0.135 e. The molecular formula is C9H13NO2. The van der Waals surface area contributed by atoms with Crippen LogP contribution in [0.25, 0.3) is 0 Å². The Morgan fingerprint density at radius 1 is 1.75 bits per heavy atom. The van der Waals surface area contributed by atoms with Gasteiger partial charge in [0.15, 0.2) is 0 Å². The highest BCUT2D eigenvalue weighted by atomic mass is 16.5. The molecule has 1 unspecified atom stereocenters. The fourth-order valence-corrected chi connectivity index (χ4v) is 1.14. The van der Waals surface area contributed by atoms with E-state index in [1.54, 1.807) is 12.5 Å². The van der Waals surface area contributed by atoms with E-state index in [0.29, 0.717) is 6.42 Å². The predicted octanol–water partition coefficient (Wildman–Crippen LogP) is 1.83. The highest BCUT2D eigenvalue weighted by molar-refractivity contribution is 5.80. The van der Waals surface area contributed by atoms with E-state index in [2.05, 4.69) is 9.68 Å². The van der Waals surface area contributed by atoms with Gasteiger partial charge in [-0.15, -0.1) is 0 Å². The summed E-state index contributed by atoms with van der Waals surface area (Å²) in [5.74, 6) is 0.366. The number of hydrogen-bond acceptors (Lipinski definition) is 3. The smallest absolute Gasteiger partial charge is 0.135 e. The Hall–Kier alpha value is -1.12. The number of rotatable bonds is 4. The first-order valence-corrected chi connectivity index (χ1v) is 4.15. The molecule has 1 heterocycles. The molecule has 0 bridgehead atoms. The van der Waals surface area contributed by atoms with Crippen molar-refractivity contribution >= 4 is 5.78 Å². The van der Waals surface area contributed by atoms with Gasteiger partial charge in [-0.1, -0.05) is 19.0 Å². The maximum atomic E-state index is 11.2. The van der Waals surface area contributed by atoms with Crippen molar-refractivity contribution in [3.63, 3.8) is 0 Å². The second-order valence-corrected chi connectivity index (χ2v) is 2.96. The summed E-state index contributed by atoms with van der Waals surface area (Å²) in [6, 6.07) is 0. The van der Waals surface area contributed by atoms with Gasteiger partial charge in [-0.05, 0) is 6.42 Å². The van der Waals surface area contributed by atoms with Gasteiger partial charge in [0.05, 0.1) is 6.20 Å². The van der Waals surface area contributed by atoms with E-state index in [1.807, 2.05) is 13.8 Å². The summed E-state index contributed by atoms with van der Waals surface area (Å²) in [7, 11) is 0. The van der Waals surface area contributed by atoms with E-state index in [0.717, 1.165) is 12.0 Å². The molecule has 3 heteroatoms. The molecule has 0 amide bonds. The summed E-state index contributed by atoms with van der Waals surface area (Å²) in [5.41, 5.74) is 0.990. The molecule has 3 nitrogen and oxygen atoms in total. The zero-order valence-corrected chi connectivity index (χ0v) is 7.41. The molecule has 0 fully saturated rings. The molecule has 1 atom stereocenters. The van der Waals surface area contributed by atoms with Crippen LogP contribution in [0.5, 0.6) is 0 Å². The molecule has 66 valence electrons. The summed E-state index contributed by atoms with van der Waals surface area (Å²) in [6.45, 7) is 3.81. The van der Waals surface area contributed by atoms with Gasteiger partial charge in [-0.3, -0.25) is 4.79 Å². The van der Waals surface area contributed by atoms with Crippen molar-refractivity contribution in [1.29, 1.82) is 0 Å². The van der Waals surface area contributed by atoms with Crippen LogP contribution in [0.4, 0.5) is 0 Å². The lowest BCUT2D eigenvalue weighted by Crippen LogP contribution is -2.11. The lowest BCUT2D eigenvalue weighted by Gasteiger charge is -2.05. The minimum Gasteiger partial charge on any atom is -0.364 e. The molecule has 1 aromatic heterocycles. The van der Waals surface area contributed by atoms with Crippen molar-refractivity contribution in [2.45, 2.75) is 26.7 Å². The zero-order valence-electron chi connectivity index (χ0n) is 7.41. The largest absolute Gasteiger partial charge is 0.364 e. The quantitative estimate of drug-likeness (QED) is 0.687. The minimum absolute atomic E-state index is 0.0781. The van der Waals surface area contributed by atoms with Crippen molar-refractivity contribution < 1.29 is 9.32 Å². The van der Waals surface area contributed by atoms with Crippen molar-refractivity contribution in [3.8, 4) is 0 Å². The molecule has 0 radical (unpaired) electrons. The summed E-state index contributed by atoms with van der Waals surface area (Å²) in [6.07, 6.45) is 4.57. The monoisotopic (exact) mass is 167 g/mol. The molecular weight excluding hydrogens is 154 g/mol. The molecule has 0 spiro atoms. The van der Waals surface area contributed by atoms with Crippen LogP contribution < -0.4 is 0 Å². The topological polar surface area (TPSA) is 43.1 Å². The Balaban J connectivity index is 2.47. The van der Waals surface area contributed by atoms with Gasteiger partial charge in [-0.25, -0.2) is 0 Å². The summed E-state index contributed by atoms with van der Waals surface area (Å²) in [5, 5.41) is 3.57. The predicted molar refractivity (Wildman–Crippen MR) is 44.7 cm³/mol. The van der Waals surface area contributed by atoms with Gasteiger partial charge in [0.1, 0.15) is 12.0 Å². The first-order chi connectivity index (χ1) is 5.74. The average Bonchev–Trinajstić information content (AvgIpc) is 2.55. The third kappa shape index (κ3) is 2.19. The number of nitrogens with zero attached hydrogens (tertiary/aromatic N) is 1. The number of ketones is 1. The molecule has 0 aromatic carbocycles. The molecule has 0 aliphatic heterocycles. The lowest BCUT2D eigenvalue weighted by molar-refractivity contribution is -0.122. The van der Waals surface area contributed by atoms with Gasteiger partial charge < -0.3 is 4.52 Å². The van der Waals surface area contributed by atoms with Gasteiger partial charge >= 0.3 is 0 Å². The zero-order chi connectivity index (χ0) is 8.97. The third-order valence-corrected chi connectivity index (χ3v) is 1.92. The fourth-order valence-electron chi connectivity index (χ4n) is 1.14. The first-order valence-electron chi connectivity index (χ1n) is 4.15. The highest BCUT2D eigenvalue weighted by Gasteiger charge is 2.11. The molecule has 12 heavy (non-hydrogen) atoms. The summed E-state index contributed by atoms with van der Waals surface area (Å²) >= 11 is 0. The summed E-state index contributed by atoms with van der Waals surface area (Å²) < 4.78 is 4.67. The summed E-state index contributed by atoms with van der Waals surface area (Å²) in [4.78, 5) is 11.2. The Morgan fingerprint density at radius 2 is 2.50 bits per heavy atom. The van der Waals surface area contributed by atoms with Crippen LogP contribution in [-0.2, 0) is 11.2 Å². The number of aromatic nitrogens is 1. The SMILES string of the molecule is CCC(=O)C(C)Cc1cnoc1. The Labute approximate surface area is 71.7 Å². The second kappa shape index (κ2) is 4.04. The molecule has 0 aliphatic rings. The maximum absolute atomic E-state index is 11.2. The van der Waals surface area contributed by atoms with Crippen LogP contribution >= 0.6 is 0 Å². The van der Waals surface area contributed by atoms with Crippen LogP contribution in [0.2, 0.25) is 0 Å². The molecule has 1 aromatic rings. The molecule has 0 saturated heterocycles. The van der Waals surface area contributed by atoms with Gasteiger partial charge in [0.2, 0.25) is 0 Å². The lowest BCUT2D eigenvalue weighted by atomic mass is 9.98. The number of hydrogen-bond donors (Lipinski definition) is 0. The van der Waals surface area contributed by atoms with E-state index < -0.39 is 0 Å². The third-order valence-electron chi connectivity index (χ3n) is 1.92. The molecule has 1 rings (SSSR count). The van der Waals surface area contributed by atoms with Crippen molar-refractivity contribution in [1.82, 2.24) is 5.16 Å². The second-order valence-electron chi connectivity index (χ2n) is 2.96. The van der Waals surface area contributed by atoms with E-state index in [1.165, 1.54) is 0 Å². The van der Waals surface area contributed by atoms with E-state index >= 15 is 0 Å². The highest BCUT2D eigenvalue weighted by Crippen LogP contribution is 2.09. The van der Waals surface area contributed by atoms with Crippen molar-refractivity contribution in [2.75, 3.05) is 0 Å². The van der Waals surface area contributed by atoms with Gasteiger partial charge in [0.25, 0.3) is 0 Å². The minimum atomic E-state index is 0.0781. The standard InChI is InChI=1S/C9H13NO2/c1-3-9(11)7(2)4-8-5-10-12-6-8/h5-7H,3-4H2,1-2H3. The molecule has 0 N–H and O–H groups in total. The number of carbonyl (C=O) groups excluding carboxylic acids is 1. The Bertz CT molecular complexity index is 241. The van der Waals surface area contributed by atoms with Crippen LogP contribution in [0, 0.1) is 5.92 Å². The van der Waals surface area contributed by atoms with Crippen LogP contribution in [0.1, 0.15) is 25.8 Å². The van der Waals surface area contributed by atoms with Crippen molar-refractivity contribution in [2.24, 2.45) is 5.92 Å². The van der Waals surface area contributed by atoms with E-state index in [9.17, 15) is 4.79 Å². The van der Waals surface area contributed by atoms with Crippen molar-refractivity contribution in [3.05, 3.63) is 18.0 Å². The van der Waals surface area contributed by atoms with Crippen LogP contribution in [0.3, 0.4) is 0 Å². The molecule has 0 saturated carbocycles. The number of carbonyl (C=O) groups is 1. The van der Waals surface area contributed by atoms with E-state index in [-0.39, 0.29) is 11.7 Å². The van der Waals surface area contributed by atoms with Crippen LogP contribution in [-0.4, -0.2) is 10.9 Å². The Morgan fingerprint density at radius 3 is 3.00 bits per heavy atom. The van der Waals surface area contributed by atoms with E-state index in [4.69, 9.17) is 0 Å². The van der Waals surface area contributed by atoms with Gasteiger partial charge in [0, 0.05) is 17.9 Å². The first kappa shape index (κ1) is 8.97. The average molecular weight is 167 g/mol. The molecule has 0 aliphatic carbocycles.